The number of esters is 1. The van der Waals surface area contributed by atoms with Gasteiger partial charge in [-0.25, -0.2) is 9.59 Å². The second kappa shape index (κ2) is 11.2. The molecule has 1 fully saturated rings. The van der Waals surface area contributed by atoms with Crippen molar-refractivity contribution in [3.05, 3.63) is 101 Å². The van der Waals surface area contributed by atoms with E-state index in [0.29, 0.717) is 12.2 Å². The second-order valence-corrected chi connectivity index (χ2v) is 6.76. The average molecular weight is 429 g/mol. The summed E-state index contributed by atoms with van der Waals surface area (Å²) in [6, 6.07) is 24.1. The lowest BCUT2D eigenvalue weighted by Crippen LogP contribution is -2.18. The molecule has 1 N–H and O–H groups in total. The Balaban J connectivity index is 0.000000305. The average Bonchev–Trinajstić information content (AvgIpc) is 3.30. The molecule has 4 rings (SSSR count). The van der Waals surface area contributed by atoms with Crippen LogP contribution in [0, 0.1) is 11.8 Å². The van der Waals surface area contributed by atoms with Crippen LogP contribution >= 0.6 is 0 Å². The number of para-hydroxylation sites is 1. The molecule has 0 bridgehead atoms. The molecule has 32 heavy (non-hydrogen) atoms. The predicted molar refractivity (Wildman–Crippen MR) is 120 cm³/mol. The van der Waals surface area contributed by atoms with E-state index in [4.69, 9.17) is 9.47 Å². The number of carbonyl (C=O) groups is 2. The Morgan fingerprint density at radius 1 is 0.938 bits per heavy atom. The van der Waals surface area contributed by atoms with Gasteiger partial charge in [-0.1, -0.05) is 42.2 Å². The van der Waals surface area contributed by atoms with E-state index < -0.39 is 6.09 Å². The van der Waals surface area contributed by atoms with Crippen LogP contribution in [0.1, 0.15) is 33.1 Å². The van der Waals surface area contributed by atoms with Gasteiger partial charge in [0.05, 0.1) is 25.8 Å². The fraction of sp³-hybridized carbons (Fsp3) is 0.154. The number of hydrogen-bond acceptors (Lipinski definition) is 5. The number of carbonyl (C=O) groups excluding carboxylic acids is 2. The van der Waals surface area contributed by atoms with E-state index >= 15 is 0 Å². The van der Waals surface area contributed by atoms with Crippen LogP contribution in [0.3, 0.4) is 0 Å². The zero-order valence-corrected chi connectivity index (χ0v) is 17.8. The van der Waals surface area contributed by atoms with Crippen LogP contribution in [0.25, 0.3) is 0 Å². The van der Waals surface area contributed by atoms with Gasteiger partial charge in [-0.05, 0) is 54.1 Å². The Hall–Kier alpha value is -4.24. The molecular formula is C26H23NO5. The highest BCUT2D eigenvalue weighted by molar-refractivity contribution is 5.89. The molecule has 1 heterocycles. The maximum atomic E-state index is 11.4. The monoisotopic (exact) mass is 429 g/mol. The van der Waals surface area contributed by atoms with Crippen molar-refractivity contribution < 1.29 is 23.8 Å². The van der Waals surface area contributed by atoms with Crippen LogP contribution in [0.5, 0.6) is 5.75 Å². The van der Waals surface area contributed by atoms with E-state index in [-0.39, 0.29) is 12.0 Å². The molecule has 6 heteroatoms. The largest absolute Gasteiger partial charge is 0.497 e. The van der Waals surface area contributed by atoms with E-state index in [1.54, 1.807) is 31.4 Å². The molecule has 6 nitrogen and oxygen atoms in total. The van der Waals surface area contributed by atoms with Crippen LogP contribution in [-0.2, 0) is 9.47 Å². The minimum Gasteiger partial charge on any atom is -0.497 e. The number of ether oxygens (including phenoxy) is 3. The molecule has 0 saturated carbocycles. The summed E-state index contributed by atoms with van der Waals surface area (Å²) >= 11 is 0. The zero-order valence-electron chi connectivity index (χ0n) is 17.8. The number of amides is 1. The van der Waals surface area contributed by atoms with Crippen LogP contribution in [0.2, 0.25) is 0 Å². The standard InChI is InChI=1S/C19H15NO4.C7H8O/c1-23-18(21)15-9-7-13(8-10-15)5-6-14-3-2-4-16(11-14)17-12-24-19(22)20-17;1-8-7-5-3-2-4-6-7/h2-4,7-11,17H,12H2,1H3,(H,20,22);2-6H,1H3/t17-;/m0./s1. The number of cyclic esters (lactones) is 1. The summed E-state index contributed by atoms with van der Waals surface area (Å²) in [7, 11) is 3.01. The predicted octanol–water partition coefficient (Wildman–Crippen LogP) is 4.35. The summed E-state index contributed by atoms with van der Waals surface area (Å²) in [6.45, 7) is 0.324. The van der Waals surface area contributed by atoms with Gasteiger partial charge in [0.15, 0.2) is 0 Å². The molecule has 3 aromatic carbocycles. The van der Waals surface area contributed by atoms with E-state index in [9.17, 15) is 9.59 Å². The van der Waals surface area contributed by atoms with Gasteiger partial charge in [0.25, 0.3) is 0 Å². The summed E-state index contributed by atoms with van der Waals surface area (Å²) in [5, 5.41) is 2.74. The first kappa shape index (κ1) is 22.4. The maximum Gasteiger partial charge on any atom is 0.407 e. The van der Waals surface area contributed by atoms with Crippen molar-refractivity contribution in [2.45, 2.75) is 6.04 Å². The lowest BCUT2D eigenvalue weighted by Gasteiger charge is -2.07. The molecule has 0 aliphatic carbocycles. The van der Waals surface area contributed by atoms with Crippen molar-refractivity contribution in [3.63, 3.8) is 0 Å². The molecule has 1 saturated heterocycles. The van der Waals surface area contributed by atoms with Crippen LogP contribution in [0.15, 0.2) is 78.9 Å². The Labute approximate surface area is 187 Å². The summed E-state index contributed by atoms with van der Waals surface area (Å²) < 4.78 is 14.5. The molecule has 3 aromatic rings. The van der Waals surface area contributed by atoms with Gasteiger partial charge in [0.1, 0.15) is 12.4 Å². The molecule has 1 aliphatic heterocycles. The number of nitrogens with one attached hydrogen (secondary N) is 1. The van der Waals surface area contributed by atoms with Crippen molar-refractivity contribution in [1.82, 2.24) is 5.32 Å². The third-order valence-corrected chi connectivity index (χ3v) is 4.60. The number of methoxy groups -OCH3 is 2. The van der Waals surface area contributed by atoms with Gasteiger partial charge in [-0.2, -0.15) is 0 Å². The van der Waals surface area contributed by atoms with E-state index in [1.165, 1.54) is 7.11 Å². The fourth-order valence-electron chi connectivity index (χ4n) is 2.91. The van der Waals surface area contributed by atoms with Crippen LogP contribution in [0.4, 0.5) is 4.79 Å². The number of benzene rings is 3. The molecular weight excluding hydrogens is 406 g/mol. The van der Waals surface area contributed by atoms with Crippen molar-refractivity contribution in [2.75, 3.05) is 20.8 Å². The molecule has 0 aromatic heterocycles. The lowest BCUT2D eigenvalue weighted by atomic mass is 10.0. The first-order valence-corrected chi connectivity index (χ1v) is 9.91. The highest BCUT2D eigenvalue weighted by Gasteiger charge is 2.23. The lowest BCUT2D eigenvalue weighted by molar-refractivity contribution is 0.0600. The highest BCUT2D eigenvalue weighted by atomic mass is 16.6. The summed E-state index contributed by atoms with van der Waals surface area (Å²) in [5.41, 5.74) is 3.08. The number of rotatable bonds is 3. The Kier molecular flexibility index (Phi) is 7.88. The Morgan fingerprint density at radius 3 is 2.25 bits per heavy atom. The van der Waals surface area contributed by atoms with Gasteiger partial charge in [0, 0.05) is 11.1 Å². The smallest absolute Gasteiger partial charge is 0.407 e. The summed E-state index contributed by atoms with van der Waals surface area (Å²) in [4.78, 5) is 22.5. The maximum absolute atomic E-state index is 11.4. The molecule has 162 valence electrons. The summed E-state index contributed by atoms with van der Waals surface area (Å²) in [6.07, 6.45) is -0.401. The van der Waals surface area contributed by atoms with E-state index in [2.05, 4.69) is 21.9 Å². The second-order valence-electron chi connectivity index (χ2n) is 6.76. The minimum absolute atomic E-state index is 0.140. The van der Waals surface area contributed by atoms with Gasteiger partial charge in [0.2, 0.25) is 0 Å². The Bertz CT molecular complexity index is 1110. The fourth-order valence-corrected chi connectivity index (χ4v) is 2.91. The number of hydrogen-bond donors (Lipinski definition) is 1. The van der Waals surface area contributed by atoms with Gasteiger partial charge < -0.3 is 19.5 Å². The normalized spacial score (nSPS) is 13.9. The highest BCUT2D eigenvalue weighted by Crippen LogP contribution is 2.19. The van der Waals surface area contributed by atoms with E-state index in [0.717, 1.165) is 22.4 Å². The molecule has 0 radical (unpaired) electrons. The van der Waals surface area contributed by atoms with Gasteiger partial charge >= 0.3 is 12.1 Å². The van der Waals surface area contributed by atoms with Crippen molar-refractivity contribution in [3.8, 4) is 17.6 Å². The first-order valence-electron chi connectivity index (χ1n) is 9.91. The van der Waals surface area contributed by atoms with E-state index in [1.807, 2.05) is 54.6 Å². The third-order valence-electron chi connectivity index (χ3n) is 4.60. The Morgan fingerprint density at radius 2 is 1.66 bits per heavy atom. The first-order chi connectivity index (χ1) is 15.6. The van der Waals surface area contributed by atoms with Crippen LogP contribution in [-0.4, -0.2) is 32.9 Å². The summed E-state index contributed by atoms with van der Waals surface area (Å²) in [5.74, 6) is 6.67. The number of alkyl carbamates (subject to hydrolysis) is 1. The van der Waals surface area contributed by atoms with Crippen molar-refractivity contribution in [1.29, 1.82) is 0 Å². The quantitative estimate of drug-likeness (QED) is 0.495. The van der Waals surface area contributed by atoms with Gasteiger partial charge in [-0.15, -0.1) is 0 Å². The molecule has 0 spiro atoms. The minimum atomic E-state index is -0.401. The van der Waals surface area contributed by atoms with Crippen molar-refractivity contribution in [2.24, 2.45) is 0 Å². The molecule has 1 atom stereocenters. The van der Waals surface area contributed by atoms with Gasteiger partial charge in [-0.3, -0.25) is 0 Å². The SMILES string of the molecule is COC(=O)c1ccc(C#Cc2cccc([C@@H]3COC(=O)N3)c2)cc1.COc1ccccc1. The molecule has 1 aliphatic rings. The topological polar surface area (TPSA) is 73.9 Å². The third kappa shape index (κ3) is 6.38. The molecule has 0 unspecified atom stereocenters. The molecule has 1 amide bonds. The van der Waals surface area contributed by atoms with Crippen molar-refractivity contribution >= 4 is 12.1 Å². The van der Waals surface area contributed by atoms with Crippen LogP contribution < -0.4 is 10.1 Å². The zero-order chi connectivity index (χ0) is 22.8.